The maximum Gasteiger partial charge on any atom is 0.258 e. The van der Waals surface area contributed by atoms with E-state index < -0.39 is 0 Å². The van der Waals surface area contributed by atoms with Gasteiger partial charge in [0, 0.05) is 62.8 Å². The first-order valence-electron chi connectivity index (χ1n) is 13.7. The van der Waals surface area contributed by atoms with Crippen LogP contribution in [0.15, 0.2) is 36.4 Å². The number of halogens is 1. The van der Waals surface area contributed by atoms with Gasteiger partial charge >= 0.3 is 0 Å². The molecule has 7 nitrogen and oxygen atoms in total. The zero-order valence-corrected chi connectivity index (χ0v) is 21.3. The minimum Gasteiger partial charge on any atom is -0.491 e. The fraction of sp³-hybridized carbons (Fsp3) is 0.552. The second-order valence-electron chi connectivity index (χ2n) is 10.6. The van der Waals surface area contributed by atoms with Crippen molar-refractivity contribution in [1.82, 2.24) is 5.32 Å². The van der Waals surface area contributed by atoms with Crippen LogP contribution in [0.3, 0.4) is 0 Å². The first-order valence-corrected chi connectivity index (χ1v) is 13.7. The Bertz CT molecular complexity index is 1120. The SMILES string of the molecule is O=C1c2ccc(OC[C@@H]3CCCO3)cc2CCN1c1ccc(N2CC[C@@H](NC3CCOCC3)C2)c(F)c1. The monoisotopic (exact) mass is 509 g/mol. The zero-order valence-electron chi connectivity index (χ0n) is 21.3. The Labute approximate surface area is 217 Å². The number of hydrogen-bond acceptors (Lipinski definition) is 6. The molecular formula is C29H36FN3O4. The first kappa shape index (κ1) is 24.6. The normalized spacial score (nSPS) is 24.5. The Balaban J connectivity index is 1.09. The second-order valence-corrected chi connectivity index (χ2v) is 10.6. The Hall–Kier alpha value is -2.68. The van der Waals surface area contributed by atoms with Crippen LogP contribution in [-0.4, -0.2) is 70.2 Å². The van der Waals surface area contributed by atoms with Gasteiger partial charge in [-0.05, 0) is 80.5 Å². The van der Waals surface area contributed by atoms with Crippen molar-refractivity contribution in [2.24, 2.45) is 0 Å². The highest BCUT2D eigenvalue weighted by Gasteiger charge is 2.29. The number of amides is 1. The summed E-state index contributed by atoms with van der Waals surface area (Å²) >= 11 is 0. The minimum atomic E-state index is -0.277. The molecule has 4 heterocycles. The molecule has 3 fully saturated rings. The molecule has 3 saturated heterocycles. The number of anilines is 2. The maximum absolute atomic E-state index is 15.3. The molecular weight excluding hydrogens is 473 g/mol. The van der Waals surface area contributed by atoms with Gasteiger partial charge in [0.2, 0.25) is 0 Å². The summed E-state index contributed by atoms with van der Waals surface area (Å²) in [7, 11) is 0. The third kappa shape index (κ3) is 5.47. The highest BCUT2D eigenvalue weighted by atomic mass is 19.1. The summed E-state index contributed by atoms with van der Waals surface area (Å²) < 4.78 is 32.3. The number of nitrogens with one attached hydrogen (secondary N) is 1. The van der Waals surface area contributed by atoms with Gasteiger partial charge in [0.25, 0.3) is 5.91 Å². The highest BCUT2D eigenvalue weighted by Crippen LogP contribution is 2.32. The van der Waals surface area contributed by atoms with Gasteiger partial charge in [-0.3, -0.25) is 4.79 Å². The molecule has 1 N–H and O–H groups in total. The van der Waals surface area contributed by atoms with Gasteiger partial charge in [0.1, 0.15) is 18.2 Å². The van der Waals surface area contributed by atoms with Crippen molar-refractivity contribution in [3.8, 4) is 5.75 Å². The number of ether oxygens (including phenoxy) is 3. The smallest absolute Gasteiger partial charge is 0.258 e. The van der Waals surface area contributed by atoms with E-state index in [4.69, 9.17) is 14.2 Å². The van der Waals surface area contributed by atoms with Crippen molar-refractivity contribution >= 4 is 17.3 Å². The van der Waals surface area contributed by atoms with Gasteiger partial charge in [-0.2, -0.15) is 0 Å². The lowest BCUT2D eigenvalue weighted by Gasteiger charge is -2.30. The van der Waals surface area contributed by atoms with E-state index in [0.717, 1.165) is 76.3 Å². The molecule has 198 valence electrons. The molecule has 0 aliphatic carbocycles. The lowest BCUT2D eigenvalue weighted by molar-refractivity contribution is 0.0679. The number of fused-ring (bicyclic) bond motifs is 1. The summed E-state index contributed by atoms with van der Waals surface area (Å²) in [6, 6.07) is 11.7. The van der Waals surface area contributed by atoms with Gasteiger partial charge < -0.3 is 29.3 Å². The first-order chi connectivity index (χ1) is 18.1. The lowest BCUT2D eigenvalue weighted by atomic mass is 9.98. The van der Waals surface area contributed by atoms with Gasteiger partial charge in [-0.25, -0.2) is 4.39 Å². The van der Waals surface area contributed by atoms with Crippen LogP contribution in [-0.2, 0) is 15.9 Å². The van der Waals surface area contributed by atoms with Gasteiger partial charge in [0.15, 0.2) is 0 Å². The van der Waals surface area contributed by atoms with Crippen LogP contribution in [0.4, 0.5) is 15.8 Å². The van der Waals surface area contributed by atoms with Crippen LogP contribution in [0.25, 0.3) is 0 Å². The van der Waals surface area contributed by atoms with Gasteiger partial charge in [0.05, 0.1) is 11.8 Å². The molecule has 37 heavy (non-hydrogen) atoms. The molecule has 2 aromatic rings. The van der Waals surface area contributed by atoms with Crippen LogP contribution in [0.5, 0.6) is 5.75 Å². The van der Waals surface area contributed by atoms with Crippen LogP contribution in [0.1, 0.15) is 48.0 Å². The quantitative estimate of drug-likeness (QED) is 0.610. The fourth-order valence-electron chi connectivity index (χ4n) is 6.00. The van der Waals surface area contributed by atoms with Crippen molar-refractivity contribution < 1.29 is 23.4 Å². The predicted molar refractivity (Wildman–Crippen MR) is 140 cm³/mol. The van der Waals surface area contributed by atoms with Gasteiger partial charge in [-0.15, -0.1) is 0 Å². The summed E-state index contributed by atoms with van der Waals surface area (Å²) in [5, 5.41) is 3.73. The molecule has 0 aromatic heterocycles. The minimum absolute atomic E-state index is 0.0963. The molecule has 4 aliphatic rings. The Morgan fingerprint density at radius 2 is 1.89 bits per heavy atom. The molecule has 2 atom stereocenters. The van der Waals surface area contributed by atoms with E-state index in [1.165, 1.54) is 6.07 Å². The van der Waals surface area contributed by atoms with E-state index in [1.54, 1.807) is 4.90 Å². The van der Waals surface area contributed by atoms with E-state index in [9.17, 15) is 4.79 Å². The summed E-state index contributed by atoms with van der Waals surface area (Å²) in [4.78, 5) is 17.1. The molecule has 8 heteroatoms. The van der Waals surface area contributed by atoms with E-state index in [2.05, 4.69) is 10.2 Å². The molecule has 0 bridgehead atoms. The summed E-state index contributed by atoms with van der Waals surface area (Å²) in [5.41, 5.74) is 2.84. The topological polar surface area (TPSA) is 63.3 Å². The Morgan fingerprint density at radius 1 is 1.00 bits per heavy atom. The average Bonchev–Trinajstić information content (AvgIpc) is 3.61. The third-order valence-corrected chi connectivity index (χ3v) is 8.08. The van der Waals surface area contributed by atoms with E-state index in [-0.39, 0.29) is 17.8 Å². The Morgan fingerprint density at radius 3 is 2.70 bits per heavy atom. The zero-order chi connectivity index (χ0) is 25.2. The molecule has 0 radical (unpaired) electrons. The molecule has 0 saturated carbocycles. The molecule has 0 unspecified atom stereocenters. The van der Waals surface area contributed by atoms with Crippen molar-refractivity contribution in [3.63, 3.8) is 0 Å². The number of rotatable bonds is 7. The lowest BCUT2D eigenvalue weighted by Crippen LogP contribution is -2.43. The van der Waals surface area contributed by atoms with E-state index >= 15 is 4.39 Å². The van der Waals surface area contributed by atoms with Gasteiger partial charge in [-0.1, -0.05) is 0 Å². The molecule has 0 spiro atoms. The third-order valence-electron chi connectivity index (χ3n) is 8.08. The summed E-state index contributed by atoms with van der Waals surface area (Å²) in [6.45, 7) is 5.10. The standard InChI is InChI=1S/C29H36FN3O4/c30-27-17-23(3-6-28(27)32-11-8-22(18-32)31-21-9-14-35-15-10-21)33-12-7-20-16-24(4-5-26(20)29(33)34)37-19-25-2-1-13-36-25/h3-6,16-17,21-22,25,31H,1-2,7-15,18-19H2/t22-,25+/m1/s1. The molecule has 1 amide bonds. The second kappa shape index (κ2) is 11.0. The Kier molecular flexibility index (Phi) is 7.31. The number of benzene rings is 2. The molecule has 4 aliphatic heterocycles. The summed E-state index contributed by atoms with van der Waals surface area (Å²) in [6.07, 6.45) is 6.04. The van der Waals surface area contributed by atoms with Crippen molar-refractivity contribution in [2.45, 2.75) is 56.7 Å². The van der Waals surface area contributed by atoms with Crippen LogP contribution in [0, 0.1) is 5.82 Å². The van der Waals surface area contributed by atoms with Crippen molar-refractivity contribution in [2.75, 3.05) is 55.9 Å². The summed E-state index contributed by atoms with van der Waals surface area (Å²) in [5.74, 6) is 0.391. The largest absolute Gasteiger partial charge is 0.491 e. The fourth-order valence-corrected chi connectivity index (χ4v) is 6.00. The van der Waals surface area contributed by atoms with E-state index in [0.29, 0.717) is 48.6 Å². The highest BCUT2D eigenvalue weighted by molar-refractivity contribution is 6.08. The van der Waals surface area contributed by atoms with Crippen molar-refractivity contribution in [3.05, 3.63) is 53.3 Å². The van der Waals surface area contributed by atoms with E-state index in [1.807, 2.05) is 30.3 Å². The number of carbonyl (C=O) groups is 1. The molecule has 6 rings (SSSR count). The maximum atomic E-state index is 15.3. The van der Waals surface area contributed by atoms with Crippen LogP contribution in [0.2, 0.25) is 0 Å². The number of nitrogens with zero attached hydrogens (tertiary/aromatic N) is 2. The average molecular weight is 510 g/mol. The van der Waals surface area contributed by atoms with Crippen molar-refractivity contribution in [1.29, 1.82) is 0 Å². The number of carbonyl (C=O) groups excluding carboxylic acids is 1. The number of hydrogen-bond donors (Lipinski definition) is 1. The predicted octanol–water partition coefficient (Wildman–Crippen LogP) is 3.93. The van der Waals surface area contributed by atoms with Crippen LogP contribution < -0.4 is 19.9 Å². The molecule has 2 aromatic carbocycles. The van der Waals surface area contributed by atoms with Crippen LogP contribution >= 0.6 is 0 Å².